The standard InChI is InChI=1S/C21H23FN4O3S/c1-2-13-25-17-10-5-4-9-16(17)23-21(25)24-20(27)18-11-7-14-26(18)30(28,29)19-12-6-3-8-15(19)22/h3-6,8-10,12,18H,2,7,11,13-14H2,1H3,(H,23,24,27)/t18-/m1/s1. The number of carbonyl (C=O) groups is 1. The maximum absolute atomic E-state index is 14.1. The third-order valence-corrected chi connectivity index (χ3v) is 7.21. The highest BCUT2D eigenvalue weighted by atomic mass is 32.2. The number of aromatic nitrogens is 2. The second kappa shape index (κ2) is 8.16. The van der Waals surface area contributed by atoms with Crippen LogP contribution >= 0.6 is 0 Å². The number of amides is 1. The first-order valence-corrected chi connectivity index (χ1v) is 11.4. The topological polar surface area (TPSA) is 84.3 Å². The Labute approximate surface area is 174 Å². The fraction of sp³-hybridized carbons (Fsp3) is 0.333. The van der Waals surface area contributed by atoms with Crippen molar-refractivity contribution in [3.05, 3.63) is 54.3 Å². The van der Waals surface area contributed by atoms with E-state index in [1.54, 1.807) is 0 Å². The third kappa shape index (κ3) is 3.59. The lowest BCUT2D eigenvalue weighted by molar-refractivity contribution is -0.119. The molecular weight excluding hydrogens is 407 g/mol. The molecule has 1 atom stereocenters. The Hall–Kier alpha value is -2.78. The zero-order valence-corrected chi connectivity index (χ0v) is 17.4. The van der Waals surface area contributed by atoms with Gasteiger partial charge in [-0.25, -0.2) is 17.8 Å². The number of halogens is 1. The summed E-state index contributed by atoms with van der Waals surface area (Å²) in [5.74, 6) is -0.897. The van der Waals surface area contributed by atoms with Gasteiger partial charge in [0.1, 0.15) is 16.8 Å². The molecule has 1 aliphatic rings. The molecule has 2 heterocycles. The summed E-state index contributed by atoms with van der Waals surface area (Å²) in [4.78, 5) is 17.1. The van der Waals surface area contributed by atoms with Crippen LogP contribution in [-0.4, -0.2) is 40.8 Å². The predicted molar refractivity (Wildman–Crippen MR) is 112 cm³/mol. The lowest BCUT2D eigenvalue weighted by Crippen LogP contribution is -2.43. The molecule has 30 heavy (non-hydrogen) atoms. The van der Waals surface area contributed by atoms with Gasteiger partial charge in [0, 0.05) is 13.1 Å². The van der Waals surface area contributed by atoms with E-state index in [1.807, 2.05) is 35.8 Å². The van der Waals surface area contributed by atoms with Gasteiger partial charge in [0.15, 0.2) is 0 Å². The summed E-state index contributed by atoms with van der Waals surface area (Å²) in [5.41, 5.74) is 1.65. The monoisotopic (exact) mass is 430 g/mol. The molecule has 1 amide bonds. The number of anilines is 1. The van der Waals surface area contributed by atoms with Crippen LogP contribution < -0.4 is 5.32 Å². The van der Waals surface area contributed by atoms with Crippen LogP contribution in [0.2, 0.25) is 0 Å². The smallest absolute Gasteiger partial charge is 0.246 e. The highest BCUT2D eigenvalue weighted by Gasteiger charge is 2.40. The molecule has 1 saturated heterocycles. The first kappa shape index (κ1) is 20.5. The minimum absolute atomic E-state index is 0.167. The Balaban J connectivity index is 1.63. The van der Waals surface area contributed by atoms with Crippen LogP contribution in [0, 0.1) is 5.82 Å². The zero-order valence-electron chi connectivity index (χ0n) is 16.6. The number of hydrogen-bond donors (Lipinski definition) is 1. The Morgan fingerprint density at radius 3 is 2.70 bits per heavy atom. The highest BCUT2D eigenvalue weighted by molar-refractivity contribution is 7.89. The van der Waals surface area contributed by atoms with E-state index in [1.165, 1.54) is 18.2 Å². The maximum Gasteiger partial charge on any atom is 0.246 e. The Kier molecular flexibility index (Phi) is 5.57. The van der Waals surface area contributed by atoms with E-state index in [4.69, 9.17) is 0 Å². The molecule has 2 aromatic carbocycles. The van der Waals surface area contributed by atoms with E-state index >= 15 is 0 Å². The van der Waals surface area contributed by atoms with Crippen LogP contribution in [0.25, 0.3) is 11.0 Å². The van der Waals surface area contributed by atoms with Crippen LogP contribution in [-0.2, 0) is 21.4 Å². The molecule has 4 rings (SSSR count). The number of sulfonamides is 1. The van der Waals surface area contributed by atoms with Crippen molar-refractivity contribution >= 4 is 32.9 Å². The summed E-state index contributed by atoms with van der Waals surface area (Å²) in [7, 11) is -4.13. The largest absolute Gasteiger partial charge is 0.310 e. The van der Waals surface area contributed by atoms with E-state index in [0.29, 0.717) is 25.3 Å². The molecule has 7 nitrogen and oxygen atoms in total. The van der Waals surface area contributed by atoms with E-state index < -0.39 is 32.7 Å². The number of benzene rings is 2. The molecule has 0 bridgehead atoms. The number of imidazole rings is 1. The highest BCUT2D eigenvalue weighted by Crippen LogP contribution is 2.29. The van der Waals surface area contributed by atoms with Gasteiger partial charge in [-0.05, 0) is 43.5 Å². The molecule has 0 saturated carbocycles. The minimum Gasteiger partial charge on any atom is -0.310 e. The van der Waals surface area contributed by atoms with Crippen LogP contribution in [0.4, 0.5) is 10.3 Å². The van der Waals surface area contributed by atoms with Crippen molar-refractivity contribution in [3.8, 4) is 0 Å². The molecule has 1 aromatic heterocycles. The average molecular weight is 431 g/mol. The maximum atomic E-state index is 14.1. The van der Waals surface area contributed by atoms with Gasteiger partial charge in [0.05, 0.1) is 11.0 Å². The van der Waals surface area contributed by atoms with Crippen molar-refractivity contribution in [1.82, 2.24) is 13.9 Å². The second-order valence-electron chi connectivity index (χ2n) is 7.27. The van der Waals surface area contributed by atoms with Gasteiger partial charge in [-0.15, -0.1) is 0 Å². The van der Waals surface area contributed by atoms with Crippen molar-refractivity contribution in [3.63, 3.8) is 0 Å². The van der Waals surface area contributed by atoms with Gasteiger partial charge >= 0.3 is 0 Å². The molecule has 1 fully saturated rings. The molecule has 0 aliphatic carbocycles. The Bertz CT molecular complexity index is 1190. The zero-order chi connectivity index (χ0) is 21.3. The molecule has 0 radical (unpaired) electrons. The quantitative estimate of drug-likeness (QED) is 0.650. The molecule has 1 aliphatic heterocycles. The molecule has 0 spiro atoms. The van der Waals surface area contributed by atoms with E-state index in [-0.39, 0.29) is 6.54 Å². The molecule has 0 unspecified atom stereocenters. The number of hydrogen-bond acceptors (Lipinski definition) is 4. The number of carbonyl (C=O) groups excluding carboxylic acids is 1. The SMILES string of the molecule is CCCn1c(NC(=O)[C@H]2CCCN2S(=O)(=O)c2ccccc2F)nc2ccccc21. The third-order valence-electron chi connectivity index (χ3n) is 5.27. The summed E-state index contributed by atoms with van der Waals surface area (Å²) >= 11 is 0. The molecule has 158 valence electrons. The first-order valence-electron chi connectivity index (χ1n) is 9.96. The van der Waals surface area contributed by atoms with Gasteiger partial charge in [-0.2, -0.15) is 4.31 Å². The van der Waals surface area contributed by atoms with Crippen molar-refractivity contribution in [2.75, 3.05) is 11.9 Å². The van der Waals surface area contributed by atoms with Crippen molar-refractivity contribution in [2.24, 2.45) is 0 Å². The Morgan fingerprint density at radius 2 is 1.93 bits per heavy atom. The van der Waals surface area contributed by atoms with Gasteiger partial charge in [-0.1, -0.05) is 31.2 Å². The normalized spacial score (nSPS) is 17.5. The van der Waals surface area contributed by atoms with Gasteiger partial charge in [-0.3, -0.25) is 10.1 Å². The fourth-order valence-corrected chi connectivity index (χ4v) is 5.61. The summed E-state index contributed by atoms with van der Waals surface area (Å²) < 4.78 is 43.2. The molecule has 1 N–H and O–H groups in total. The number of aryl methyl sites for hydroxylation is 1. The molecular formula is C21H23FN4O3S. The van der Waals surface area contributed by atoms with Gasteiger partial charge in [0.2, 0.25) is 21.9 Å². The Morgan fingerprint density at radius 1 is 1.20 bits per heavy atom. The van der Waals surface area contributed by atoms with E-state index in [0.717, 1.165) is 27.8 Å². The first-order chi connectivity index (χ1) is 14.4. The minimum atomic E-state index is -4.13. The average Bonchev–Trinajstić information content (AvgIpc) is 3.35. The van der Waals surface area contributed by atoms with Crippen molar-refractivity contribution < 1.29 is 17.6 Å². The lowest BCUT2D eigenvalue weighted by atomic mass is 10.2. The van der Waals surface area contributed by atoms with Gasteiger partial charge in [0.25, 0.3) is 0 Å². The predicted octanol–water partition coefficient (Wildman–Crippen LogP) is 3.38. The van der Waals surface area contributed by atoms with E-state index in [2.05, 4.69) is 10.3 Å². The van der Waals surface area contributed by atoms with Crippen molar-refractivity contribution in [1.29, 1.82) is 0 Å². The number of nitrogens with one attached hydrogen (secondary N) is 1. The van der Waals surface area contributed by atoms with Gasteiger partial charge < -0.3 is 4.57 Å². The lowest BCUT2D eigenvalue weighted by Gasteiger charge is -2.23. The van der Waals surface area contributed by atoms with Crippen LogP contribution in [0.5, 0.6) is 0 Å². The van der Waals surface area contributed by atoms with Crippen molar-refractivity contribution in [2.45, 2.75) is 43.7 Å². The summed E-state index contributed by atoms with van der Waals surface area (Å²) in [6, 6.07) is 11.9. The molecule has 3 aromatic rings. The summed E-state index contributed by atoms with van der Waals surface area (Å²) in [6.45, 7) is 2.86. The summed E-state index contributed by atoms with van der Waals surface area (Å²) in [6.07, 6.45) is 1.74. The number of para-hydroxylation sites is 2. The van der Waals surface area contributed by atoms with Crippen LogP contribution in [0.3, 0.4) is 0 Å². The second-order valence-corrected chi connectivity index (χ2v) is 9.13. The number of rotatable bonds is 6. The van der Waals surface area contributed by atoms with Crippen LogP contribution in [0.1, 0.15) is 26.2 Å². The van der Waals surface area contributed by atoms with Crippen LogP contribution in [0.15, 0.2) is 53.4 Å². The number of nitrogens with zero attached hydrogens (tertiary/aromatic N) is 3. The fourth-order valence-electron chi connectivity index (χ4n) is 3.88. The van der Waals surface area contributed by atoms with E-state index in [9.17, 15) is 17.6 Å². The molecule has 9 heteroatoms. The number of fused-ring (bicyclic) bond motifs is 1. The summed E-state index contributed by atoms with van der Waals surface area (Å²) in [5, 5.41) is 2.81.